The van der Waals surface area contributed by atoms with E-state index < -0.39 is 0 Å². The number of fused-ring (bicyclic) bond motifs is 1. The van der Waals surface area contributed by atoms with Crippen LogP contribution in [0.25, 0.3) is 0 Å². The number of rotatable bonds is 1. The summed E-state index contributed by atoms with van der Waals surface area (Å²) >= 11 is 3.59. The summed E-state index contributed by atoms with van der Waals surface area (Å²) in [6.07, 6.45) is 3.92. The van der Waals surface area contributed by atoms with Gasteiger partial charge in [0.2, 0.25) is 0 Å². The van der Waals surface area contributed by atoms with Crippen LogP contribution in [0.4, 0.5) is 0 Å². The van der Waals surface area contributed by atoms with Crippen molar-refractivity contribution in [3.63, 3.8) is 0 Å². The first kappa shape index (κ1) is 10.7. The minimum atomic E-state index is 0.183. The van der Waals surface area contributed by atoms with E-state index in [0.29, 0.717) is 6.42 Å². The molecule has 0 N–H and O–H groups in total. The lowest BCUT2D eigenvalue weighted by Gasteiger charge is -2.33. The molecule has 0 aliphatic heterocycles. The third kappa shape index (κ3) is 2.08. The molecule has 1 atom stereocenters. The summed E-state index contributed by atoms with van der Waals surface area (Å²) in [5.41, 5.74) is 3.03. The van der Waals surface area contributed by atoms with Gasteiger partial charge in [0.1, 0.15) is 0 Å². The van der Waals surface area contributed by atoms with Gasteiger partial charge >= 0.3 is 0 Å². The summed E-state index contributed by atoms with van der Waals surface area (Å²) in [6.45, 7) is 2.22. The first-order valence-electron chi connectivity index (χ1n) is 5.28. The Morgan fingerprint density at radius 2 is 2.33 bits per heavy atom. The summed E-state index contributed by atoms with van der Waals surface area (Å²) in [4.78, 5) is 0. The van der Waals surface area contributed by atoms with Crippen molar-refractivity contribution in [1.29, 1.82) is 5.26 Å². The molecule has 1 aliphatic rings. The molecule has 0 saturated heterocycles. The Balaban J connectivity index is 2.32. The average Bonchev–Trinajstić information content (AvgIpc) is 2.17. The van der Waals surface area contributed by atoms with Crippen molar-refractivity contribution in [3.05, 3.63) is 33.8 Å². The highest BCUT2D eigenvalue weighted by Gasteiger charge is 2.30. The number of nitriles is 1. The normalized spacial score (nSPS) is 24.3. The molecular formula is C13H14BrN. The van der Waals surface area contributed by atoms with Crippen LogP contribution < -0.4 is 0 Å². The molecule has 0 bridgehead atoms. The lowest BCUT2D eigenvalue weighted by Crippen LogP contribution is -2.25. The van der Waals surface area contributed by atoms with Crippen molar-refractivity contribution in [2.24, 2.45) is 5.41 Å². The van der Waals surface area contributed by atoms with Crippen molar-refractivity contribution in [2.45, 2.75) is 32.6 Å². The van der Waals surface area contributed by atoms with Gasteiger partial charge in [0.15, 0.2) is 0 Å². The molecule has 0 amide bonds. The summed E-state index contributed by atoms with van der Waals surface area (Å²) in [5.74, 6) is 0. The van der Waals surface area contributed by atoms with Crippen molar-refractivity contribution < 1.29 is 0 Å². The number of benzene rings is 1. The molecule has 0 fully saturated rings. The molecule has 0 heterocycles. The summed E-state index contributed by atoms with van der Waals surface area (Å²) < 4.78 is 1.22. The van der Waals surface area contributed by atoms with E-state index >= 15 is 0 Å². The highest BCUT2D eigenvalue weighted by atomic mass is 79.9. The molecule has 1 unspecified atom stereocenters. The summed E-state index contributed by atoms with van der Waals surface area (Å²) in [5, 5.41) is 8.83. The highest BCUT2D eigenvalue weighted by Crippen LogP contribution is 2.39. The third-order valence-corrected chi connectivity index (χ3v) is 4.06. The Labute approximate surface area is 99.2 Å². The largest absolute Gasteiger partial charge is 0.198 e. The maximum absolute atomic E-state index is 8.83. The van der Waals surface area contributed by atoms with Crippen LogP contribution >= 0.6 is 15.9 Å². The van der Waals surface area contributed by atoms with Crippen LogP contribution in [0.3, 0.4) is 0 Å². The minimum Gasteiger partial charge on any atom is -0.198 e. The average molecular weight is 264 g/mol. The van der Waals surface area contributed by atoms with Gasteiger partial charge in [0.25, 0.3) is 0 Å². The van der Waals surface area contributed by atoms with Gasteiger partial charge in [0.05, 0.1) is 6.07 Å². The fourth-order valence-corrected chi connectivity index (χ4v) is 2.97. The second-order valence-electron chi connectivity index (χ2n) is 4.70. The lowest BCUT2D eigenvalue weighted by molar-refractivity contribution is 0.285. The standard InChI is InChI=1S/C13H14BrN/c1-13(7-8-15)6-5-11-10(9-13)3-2-4-12(11)14/h2-4H,5-7,9H2,1H3. The van der Waals surface area contributed by atoms with E-state index in [9.17, 15) is 0 Å². The van der Waals surface area contributed by atoms with Crippen LogP contribution in [0, 0.1) is 16.7 Å². The van der Waals surface area contributed by atoms with Crippen molar-refractivity contribution in [1.82, 2.24) is 0 Å². The van der Waals surface area contributed by atoms with E-state index in [-0.39, 0.29) is 5.41 Å². The second-order valence-corrected chi connectivity index (χ2v) is 5.55. The Kier molecular flexibility index (Phi) is 2.84. The van der Waals surface area contributed by atoms with Gasteiger partial charge in [0, 0.05) is 10.9 Å². The maximum atomic E-state index is 8.83. The number of halogens is 1. The van der Waals surface area contributed by atoms with Crippen LogP contribution in [0.15, 0.2) is 22.7 Å². The monoisotopic (exact) mass is 263 g/mol. The SMILES string of the molecule is CC1(CC#N)CCc2c(Br)cccc2C1. The number of nitrogens with zero attached hydrogens (tertiary/aromatic N) is 1. The molecule has 1 aliphatic carbocycles. The predicted octanol–water partition coefficient (Wildman–Crippen LogP) is 3.86. The van der Waals surface area contributed by atoms with Crippen molar-refractivity contribution >= 4 is 15.9 Å². The van der Waals surface area contributed by atoms with E-state index in [0.717, 1.165) is 19.3 Å². The molecule has 15 heavy (non-hydrogen) atoms. The Hall–Kier alpha value is -0.810. The maximum Gasteiger partial charge on any atom is 0.0627 e. The molecule has 1 aromatic carbocycles. The molecule has 2 rings (SSSR count). The minimum absolute atomic E-state index is 0.183. The first-order chi connectivity index (χ1) is 7.14. The van der Waals surface area contributed by atoms with Gasteiger partial charge in [-0.3, -0.25) is 0 Å². The Morgan fingerprint density at radius 3 is 3.07 bits per heavy atom. The van der Waals surface area contributed by atoms with E-state index in [2.05, 4.69) is 47.1 Å². The molecule has 1 nitrogen and oxygen atoms in total. The van der Waals surface area contributed by atoms with Crippen LogP contribution in [-0.4, -0.2) is 0 Å². The first-order valence-corrected chi connectivity index (χ1v) is 6.07. The van der Waals surface area contributed by atoms with Gasteiger partial charge in [-0.1, -0.05) is 35.0 Å². The molecule has 0 radical (unpaired) electrons. The van der Waals surface area contributed by atoms with Gasteiger partial charge in [-0.25, -0.2) is 0 Å². The quantitative estimate of drug-likeness (QED) is 0.755. The number of hydrogen-bond acceptors (Lipinski definition) is 1. The zero-order valence-corrected chi connectivity index (χ0v) is 10.5. The Bertz CT molecular complexity index is 419. The molecule has 0 saturated carbocycles. The van der Waals surface area contributed by atoms with Crippen LogP contribution in [0.2, 0.25) is 0 Å². The predicted molar refractivity (Wildman–Crippen MR) is 64.5 cm³/mol. The molecule has 0 spiro atoms. The Morgan fingerprint density at radius 1 is 1.53 bits per heavy atom. The van der Waals surface area contributed by atoms with E-state index in [4.69, 9.17) is 5.26 Å². The molecular weight excluding hydrogens is 250 g/mol. The van der Waals surface area contributed by atoms with Crippen molar-refractivity contribution in [2.75, 3.05) is 0 Å². The van der Waals surface area contributed by atoms with E-state index in [1.165, 1.54) is 15.6 Å². The topological polar surface area (TPSA) is 23.8 Å². The fraction of sp³-hybridized carbons (Fsp3) is 0.462. The van der Waals surface area contributed by atoms with Gasteiger partial charge in [-0.15, -0.1) is 0 Å². The molecule has 1 aromatic rings. The third-order valence-electron chi connectivity index (χ3n) is 3.32. The van der Waals surface area contributed by atoms with E-state index in [1.54, 1.807) is 0 Å². The smallest absolute Gasteiger partial charge is 0.0627 e. The van der Waals surface area contributed by atoms with E-state index in [1.807, 2.05) is 0 Å². The van der Waals surface area contributed by atoms with Gasteiger partial charge in [-0.2, -0.15) is 5.26 Å². The van der Waals surface area contributed by atoms with Crippen molar-refractivity contribution in [3.8, 4) is 6.07 Å². The summed E-state index contributed by atoms with van der Waals surface area (Å²) in [7, 11) is 0. The second kappa shape index (κ2) is 3.98. The van der Waals surface area contributed by atoms with Crippen LogP contribution in [0.5, 0.6) is 0 Å². The molecule has 78 valence electrons. The lowest BCUT2D eigenvalue weighted by atomic mass is 9.71. The summed E-state index contributed by atoms with van der Waals surface area (Å²) in [6, 6.07) is 8.69. The molecule has 2 heteroatoms. The molecule has 0 aromatic heterocycles. The van der Waals surface area contributed by atoms with Gasteiger partial charge in [-0.05, 0) is 41.9 Å². The highest BCUT2D eigenvalue weighted by molar-refractivity contribution is 9.10. The van der Waals surface area contributed by atoms with Crippen LogP contribution in [0.1, 0.15) is 30.9 Å². The zero-order valence-electron chi connectivity index (χ0n) is 8.89. The van der Waals surface area contributed by atoms with Gasteiger partial charge < -0.3 is 0 Å². The van der Waals surface area contributed by atoms with Crippen LogP contribution in [-0.2, 0) is 12.8 Å². The zero-order chi connectivity index (χ0) is 10.9. The number of hydrogen-bond donors (Lipinski definition) is 0. The fourth-order valence-electron chi connectivity index (χ4n) is 2.37.